The van der Waals surface area contributed by atoms with Gasteiger partial charge in [-0.2, -0.15) is 4.57 Å². The second-order valence-corrected chi connectivity index (χ2v) is 5.88. The maximum atomic E-state index is 9.05. The zero-order valence-corrected chi connectivity index (χ0v) is 13.3. The molecular weight excluding hydrogens is 272 g/mol. The maximum Gasteiger partial charge on any atom is 0.208 e. The Morgan fingerprint density at radius 2 is 2.14 bits per heavy atom. The van der Waals surface area contributed by atoms with E-state index >= 15 is 0 Å². The molecule has 114 valence electrons. The summed E-state index contributed by atoms with van der Waals surface area (Å²) < 4.78 is 2.31. The quantitative estimate of drug-likeness (QED) is 0.878. The number of aromatic nitrogens is 1. The fraction of sp³-hybridized carbons (Fsp3) is 0.316. The first-order chi connectivity index (χ1) is 10.7. The van der Waals surface area contributed by atoms with Crippen LogP contribution in [0.5, 0.6) is 0 Å². The molecule has 0 saturated carbocycles. The van der Waals surface area contributed by atoms with E-state index in [1.54, 1.807) is 0 Å². The van der Waals surface area contributed by atoms with E-state index in [1.165, 1.54) is 22.4 Å². The summed E-state index contributed by atoms with van der Waals surface area (Å²) in [5, 5.41) is 9.05. The summed E-state index contributed by atoms with van der Waals surface area (Å²) in [6.45, 7) is 4.05. The lowest BCUT2D eigenvalue weighted by atomic mass is 10.0. The molecule has 3 nitrogen and oxygen atoms in total. The predicted octanol–water partition coefficient (Wildman–Crippen LogP) is 2.66. The first-order valence-electron chi connectivity index (χ1n) is 7.81. The number of rotatable bonds is 4. The highest BCUT2D eigenvalue weighted by molar-refractivity contribution is 5.81. The van der Waals surface area contributed by atoms with Crippen molar-refractivity contribution in [2.45, 2.75) is 19.9 Å². The summed E-state index contributed by atoms with van der Waals surface area (Å²) >= 11 is 0. The summed E-state index contributed by atoms with van der Waals surface area (Å²) in [5.41, 5.74) is 6.41. The molecule has 22 heavy (non-hydrogen) atoms. The molecule has 3 rings (SSSR count). The molecule has 0 unspecified atom stereocenters. The summed E-state index contributed by atoms with van der Waals surface area (Å²) in [4.78, 5) is 2.07. The Bertz CT molecular complexity index is 706. The average Bonchev–Trinajstić information content (AvgIpc) is 2.93. The zero-order valence-electron chi connectivity index (χ0n) is 13.3. The van der Waals surface area contributed by atoms with Crippen LogP contribution in [0.4, 0.5) is 5.69 Å². The van der Waals surface area contributed by atoms with Crippen LogP contribution in [0.1, 0.15) is 23.2 Å². The number of benzene rings is 1. The van der Waals surface area contributed by atoms with Gasteiger partial charge in [-0.05, 0) is 42.3 Å². The van der Waals surface area contributed by atoms with Crippen LogP contribution in [0.25, 0.3) is 11.6 Å². The lowest BCUT2D eigenvalue weighted by Gasteiger charge is -2.19. The average molecular weight is 295 g/mol. The third-order valence-corrected chi connectivity index (χ3v) is 4.35. The van der Waals surface area contributed by atoms with Gasteiger partial charge >= 0.3 is 0 Å². The standard InChI is InChI=1S/C19H23N2O/c1-15-13-18(20(2)11-12-22)7-6-16(15)14-17-8-10-21-9-4-3-5-19(17)21/h3-7,9,13-14,22H,8,10-12H2,1-2H3/q+1. The Morgan fingerprint density at radius 3 is 2.91 bits per heavy atom. The van der Waals surface area contributed by atoms with Gasteiger partial charge < -0.3 is 10.0 Å². The minimum Gasteiger partial charge on any atom is -0.395 e. The third kappa shape index (κ3) is 2.90. The van der Waals surface area contributed by atoms with Gasteiger partial charge in [-0.1, -0.05) is 6.07 Å². The molecule has 0 saturated heterocycles. The first kappa shape index (κ1) is 14.8. The predicted molar refractivity (Wildman–Crippen MR) is 90.7 cm³/mol. The highest BCUT2D eigenvalue weighted by atomic mass is 16.3. The van der Waals surface area contributed by atoms with Gasteiger partial charge in [0.2, 0.25) is 5.69 Å². The molecular formula is C19H23N2O+. The van der Waals surface area contributed by atoms with Crippen molar-refractivity contribution < 1.29 is 9.67 Å². The second-order valence-electron chi connectivity index (χ2n) is 5.88. The zero-order chi connectivity index (χ0) is 15.5. The van der Waals surface area contributed by atoms with E-state index in [-0.39, 0.29) is 6.61 Å². The fourth-order valence-corrected chi connectivity index (χ4v) is 3.00. The van der Waals surface area contributed by atoms with Crippen LogP contribution < -0.4 is 9.47 Å². The molecule has 0 aliphatic carbocycles. The number of anilines is 1. The smallest absolute Gasteiger partial charge is 0.208 e. The highest BCUT2D eigenvalue weighted by Gasteiger charge is 2.22. The van der Waals surface area contributed by atoms with Crippen molar-refractivity contribution in [3.05, 3.63) is 59.4 Å². The Kier molecular flexibility index (Phi) is 4.25. The van der Waals surface area contributed by atoms with Gasteiger partial charge in [0.25, 0.3) is 0 Å². The number of fused-ring (bicyclic) bond motifs is 1. The number of likely N-dealkylation sites (N-methyl/N-ethyl adjacent to an activating group) is 1. The van der Waals surface area contributed by atoms with Crippen LogP contribution in [-0.2, 0) is 6.54 Å². The van der Waals surface area contributed by atoms with Crippen LogP contribution in [0.3, 0.4) is 0 Å². The molecule has 1 aliphatic heterocycles. The highest BCUT2D eigenvalue weighted by Crippen LogP contribution is 2.26. The minimum atomic E-state index is 0.176. The third-order valence-electron chi connectivity index (χ3n) is 4.35. The number of aliphatic hydroxyl groups is 1. The van der Waals surface area contributed by atoms with Crippen molar-refractivity contribution in [2.24, 2.45) is 0 Å². The molecule has 2 aromatic rings. The summed E-state index contributed by atoms with van der Waals surface area (Å²) in [6, 6.07) is 12.9. The minimum absolute atomic E-state index is 0.176. The van der Waals surface area contributed by atoms with Crippen molar-refractivity contribution in [3.63, 3.8) is 0 Å². The lowest BCUT2D eigenvalue weighted by Crippen LogP contribution is -2.31. The number of nitrogens with zero attached hydrogens (tertiary/aromatic N) is 2. The SMILES string of the molecule is Cc1cc(N(C)CCO)ccc1/C=C1\CC[n+]2ccccc21. The first-order valence-corrected chi connectivity index (χ1v) is 7.81. The molecule has 3 heteroatoms. The lowest BCUT2D eigenvalue weighted by molar-refractivity contribution is -0.689. The number of allylic oxidation sites excluding steroid dienone is 1. The van der Waals surface area contributed by atoms with Crippen LogP contribution in [0.15, 0.2) is 42.6 Å². The number of pyridine rings is 1. The second kappa shape index (κ2) is 6.32. The van der Waals surface area contributed by atoms with E-state index in [0.717, 1.165) is 18.7 Å². The summed E-state index contributed by atoms with van der Waals surface area (Å²) in [7, 11) is 2.01. The molecule has 1 aromatic heterocycles. The molecule has 0 amide bonds. The number of aliphatic hydroxyl groups excluding tert-OH is 1. The maximum absolute atomic E-state index is 9.05. The number of hydrogen-bond acceptors (Lipinski definition) is 2. The van der Waals surface area contributed by atoms with Gasteiger partial charge in [-0.25, -0.2) is 0 Å². The topological polar surface area (TPSA) is 27.3 Å². The van der Waals surface area contributed by atoms with Gasteiger partial charge in [0.05, 0.1) is 6.61 Å². The molecule has 0 atom stereocenters. The van der Waals surface area contributed by atoms with Gasteiger partial charge in [0.15, 0.2) is 12.7 Å². The Hall–Kier alpha value is -2.13. The van der Waals surface area contributed by atoms with E-state index in [2.05, 4.69) is 65.1 Å². The Balaban J connectivity index is 1.89. The Morgan fingerprint density at radius 1 is 1.27 bits per heavy atom. The number of aryl methyl sites for hydroxylation is 2. The van der Waals surface area contributed by atoms with E-state index < -0.39 is 0 Å². The van der Waals surface area contributed by atoms with E-state index in [1.807, 2.05) is 7.05 Å². The Labute approximate surface area is 132 Å². The monoisotopic (exact) mass is 295 g/mol. The number of hydrogen-bond donors (Lipinski definition) is 1. The van der Waals surface area contributed by atoms with Crippen LogP contribution in [0, 0.1) is 6.92 Å². The molecule has 0 spiro atoms. The molecule has 0 fully saturated rings. The normalized spacial score (nSPS) is 15.1. The van der Waals surface area contributed by atoms with Crippen LogP contribution in [0.2, 0.25) is 0 Å². The van der Waals surface area contributed by atoms with E-state index in [4.69, 9.17) is 5.11 Å². The van der Waals surface area contributed by atoms with Crippen LogP contribution in [-0.4, -0.2) is 25.3 Å². The molecule has 0 radical (unpaired) electrons. The van der Waals surface area contributed by atoms with Gasteiger partial charge in [-0.15, -0.1) is 0 Å². The summed E-state index contributed by atoms with van der Waals surface area (Å²) in [5.74, 6) is 0. The van der Waals surface area contributed by atoms with Crippen molar-refractivity contribution in [2.75, 3.05) is 25.1 Å². The van der Waals surface area contributed by atoms with E-state index in [9.17, 15) is 0 Å². The van der Waals surface area contributed by atoms with Gasteiger partial charge in [-0.3, -0.25) is 0 Å². The van der Waals surface area contributed by atoms with Gasteiger partial charge in [0.1, 0.15) is 0 Å². The molecule has 2 heterocycles. The molecule has 1 aromatic carbocycles. The van der Waals surface area contributed by atoms with Crippen molar-refractivity contribution >= 4 is 17.3 Å². The van der Waals surface area contributed by atoms with E-state index in [0.29, 0.717) is 6.54 Å². The largest absolute Gasteiger partial charge is 0.395 e. The molecule has 1 N–H and O–H groups in total. The van der Waals surface area contributed by atoms with Crippen molar-refractivity contribution in [1.29, 1.82) is 0 Å². The van der Waals surface area contributed by atoms with Crippen molar-refractivity contribution in [3.8, 4) is 0 Å². The summed E-state index contributed by atoms with van der Waals surface area (Å²) in [6.07, 6.45) is 5.55. The van der Waals surface area contributed by atoms with Crippen LogP contribution >= 0.6 is 0 Å². The molecule has 0 bridgehead atoms. The fourth-order valence-electron chi connectivity index (χ4n) is 3.00. The van der Waals surface area contributed by atoms with Gasteiger partial charge in [0, 0.05) is 43.4 Å². The molecule has 1 aliphatic rings. The van der Waals surface area contributed by atoms with Crippen molar-refractivity contribution in [1.82, 2.24) is 0 Å².